The number of halogens is 3. The van der Waals surface area contributed by atoms with E-state index in [9.17, 15) is 18.0 Å². The molecule has 0 radical (unpaired) electrons. The molecule has 0 atom stereocenters. The molecule has 7 heteroatoms. The first-order valence-corrected chi connectivity index (χ1v) is 4.56. The van der Waals surface area contributed by atoms with Crippen molar-refractivity contribution >= 4 is 16.9 Å². The van der Waals surface area contributed by atoms with Gasteiger partial charge >= 0.3 is 12.1 Å². The van der Waals surface area contributed by atoms with E-state index in [1.165, 1.54) is 6.20 Å². The Morgan fingerprint density at radius 2 is 2.12 bits per heavy atom. The van der Waals surface area contributed by atoms with Crippen LogP contribution in [0.1, 0.15) is 15.9 Å². The van der Waals surface area contributed by atoms with Crippen LogP contribution < -0.4 is 0 Å². The third-order valence-corrected chi connectivity index (χ3v) is 2.29. The SMILES string of the molecule is COC(=O)c1cc2[nH]ncc2cc1C(F)(F)F. The van der Waals surface area contributed by atoms with Crippen LogP contribution in [-0.2, 0) is 10.9 Å². The number of hydrogen-bond acceptors (Lipinski definition) is 3. The number of rotatable bonds is 1. The zero-order chi connectivity index (χ0) is 12.6. The van der Waals surface area contributed by atoms with Gasteiger partial charge in [0.2, 0.25) is 0 Å². The Balaban J connectivity index is 2.72. The Kier molecular flexibility index (Phi) is 2.53. The van der Waals surface area contributed by atoms with E-state index in [0.717, 1.165) is 19.2 Å². The van der Waals surface area contributed by atoms with E-state index in [2.05, 4.69) is 14.9 Å². The zero-order valence-corrected chi connectivity index (χ0v) is 8.63. The molecule has 2 rings (SSSR count). The quantitative estimate of drug-likeness (QED) is 0.783. The van der Waals surface area contributed by atoms with Gasteiger partial charge < -0.3 is 4.74 Å². The van der Waals surface area contributed by atoms with E-state index in [1.54, 1.807) is 0 Å². The van der Waals surface area contributed by atoms with Crippen molar-refractivity contribution < 1.29 is 22.7 Å². The fourth-order valence-electron chi connectivity index (χ4n) is 1.50. The van der Waals surface area contributed by atoms with Crippen molar-refractivity contribution in [2.75, 3.05) is 7.11 Å². The van der Waals surface area contributed by atoms with Gasteiger partial charge in [0.05, 0.1) is 30.0 Å². The fraction of sp³-hybridized carbons (Fsp3) is 0.200. The predicted octanol–water partition coefficient (Wildman–Crippen LogP) is 2.37. The summed E-state index contributed by atoms with van der Waals surface area (Å²) >= 11 is 0. The fourth-order valence-corrected chi connectivity index (χ4v) is 1.50. The standard InChI is InChI=1S/C10H7F3N2O2/c1-17-9(16)6-3-8-5(4-14-15-8)2-7(6)10(11,12)13/h2-4H,1H3,(H,14,15). The van der Waals surface area contributed by atoms with Gasteiger partial charge in [0, 0.05) is 5.39 Å². The Hall–Kier alpha value is -2.05. The number of alkyl halides is 3. The predicted molar refractivity (Wildman–Crippen MR) is 52.4 cm³/mol. The number of nitrogens with zero attached hydrogens (tertiary/aromatic N) is 1. The molecule has 4 nitrogen and oxygen atoms in total. The van der Waals surface area contributed by atoms with Crippen LogP contribution in [0.2, 0.25) is 0 Å². The monoisotopic (exact) mass is 244 g/mol. The van der Waals surface area contributed by atoms with Crippen LogP contribution in [0.5, 0.6) is 0 Å². The first-order chi connectivity index (χ1) is 7.93. The van der Waals surface area contributed by atoms with Crippen molar-refractivity contribution in [2.45, 2.75) is 6.18 Å². The molecule has 0 amide bonds. The summed E-state index contributed by atoms with van der Waals surface area (Å²) < 4.78 is 42.5. The maximum Gasteiger partial charge on any atom is 0.417 e. The summed E-state index contributed by atoms with van der Waals surface area (Å²) in [5.41, 5.74) is -1.21. The molecule has 0 bridgehead atoms. The summed E-state index contributed by atoms with van der Waals surface area (Å²) in [5, 5.41) is 6.38. The number of carbonyl (C=O) groups excluding carboxylic acids is 1. The minimum atomic E-state index is -4.62. The molecule has 0 aliphatic heterocycles. The van der Waals surface area contributed by atoms with Crippen LogP contribution in [0.4, 0.5) is 13.2 Å². The number of fused-ring (bicyclic) bond motifs is 1. The number of aromatic amines is 1. The van der Waals surface area contributed by atoms with Crippen LogP contribution in [0.25, 0.3) is 10.9 Å². The van der Waals surface area contributed by atoms with Gasteiger partial charge in [-0.15, -0.1) is 0 Å². The van der Waals surface area contributed by atoms with E-state index >= 15 is 0 Å². The number of hydrogen-bond donors (Lipinski definition) is 1. The van der Waals surface area contributed by atoms with Gasteiger partial charge in [-0.05, 0) is 12.1 Å². The highest BCUT2D eigenvalue weighted by Gasteiger charge is 2.36. The lowest BCUT2D eigenvalue weighted by molar-refractivity contribution is -0.138. The zero-order valence-electron chi connectivity index (χ0n) is 8.63. The number of esters is 1. The molecule has 0 unspecified atom stereocenters. The van der Waals surface area contributed by atoms with Crippen molar-refractivity contribution in [3.8, 4) is 0 Å². The Morgan fingerprint density at radius 1 is 1.41 bits per heavy atom. The lowest BCUT2D eigenvalue weighted by atomic mass is 10.0. The summed E-state index contributed by atoms with van der Waals surface area (Å²) in [6.45, 7) is 0. The van der Waals surface area contributed by atoms with E-state index in [1.807, 2.05) is 0 Å². The summed E-state index contributed by atoms with van der Waals surface area (Å²) in [4.78, 5) is 11.3. The van der Waals surface area contributed by atoms with Gasteiger partial charge in [-0.25, -0.2) is 4.79 Å². The average molecular weight is 244 g/mol. The Morgan fingerprint density at radius 3 is 2.71 bits per heavy atom. The number of benzene rings is 1. The maximum atomic E-state index is 12.7. The molecular weight excluding hydrogens is 237 g/mol. The second-order valence-electron chi connectivity index (χ2n) is 3.34. The first-order valence-electron chi connectivity index (χ1n) is 4.56. The number of ether oxygens (including phenoxy) is 1. The van der Waals surface area contributed by atoms with E-state index < -0.39 is 23.3 Å². The number of methoxy groups -OCH3 is 1. The summed E-state index contributed by atoms with van der Waals surface area (Å²) in [5.74, 6) is -1.03. The molecule has 1 N–H and O–H groups in total. The Bertz CT molecular complexity index is 574. The molecule has 2 aromatic rings. The Labute approximate surface area is 93.4 Å². The number of aromatic nitrogens is 2. The van der Waals surface area contributed by atoms with Crippen molar-refractivity contribution in [2.24, 2.45) is 0 Å². The van der Waals surface area contributed by atoms with Crippen molar-refractivity contribution in [3.63, 3.8) is 0 Å². The smallest absolute Gasteiger partial charge is 0.417 e. The van der Waals surface area contributed by atoms with Gasteiger partial charge in [-0.2, -0.15) is 18.3 Å². The lowest BCUT2D eigenvalue weighted by Gasteiger charge is -2.11. The van der Waals surface area contributed by atoms with Gasteiger partial charge in [0.15, 0.2) is 0 Å². The number of H-pyrrole nitrogens is 1. The van der Waals surface area contributed by atoms with Gasteiger partial charge in [0.1, 0.15) is 0 Å². The molecule has 1 heterocycles. The van der Waals surface area contributed by atoms with Crippen LogP contribution in [0.3, 0.4) is 0 Å². The second kappa shape index (κ2) is 3.76. The molecule has 0 spiro atoms. The summed E-state index contributed by atoms with van der Waals surface area (Å²) in [6.07, 6.45) is -3.36. The number of carbonyl (C=O) groups is 1. The summed E-state index contributed by atoms with van der Waals surface area (Å²) in [6, 6.07) is 1.95. The molecule has 1 aromatic heterocycles. The van der Waals surface area contributed by atoms with Gasteiger partial charge in [-0.3, -0.25) is 5.10 Å². The third-order valence-electron chi connectivity index (χ3n) is 2.29. The van der Waals surface area contributed by atoms with Crippen molar-refractivity contribution in [1.82, 2.24) is 10.2 Å². The molecule has 1 aromatic carbocycles. The normalized spacial score (nSPS) is 11.8. The third kappa shape index (κ3) is 1.95. The molecular formula is C10H7F3N2O2. The highest BCUT2D eigenvalue weighted by molar-refractivity contribution is 5.96. The first kappa shape index (κ1) is 11.4. The molecule has 0 saturated heterocycles. The molecule has 17 heavy (non-hydrogen) atoms. The van der Waals surface area contributed by atoms with Gasteiger partial charge in [-0.1, -0.05) is 0 Å². The van der Waals surface area contributed by atoms with Gasteiger partial charge in [0.25, 0.3) is 0 Å². The molecule has 0 fully saturated rings. The largest absolute Gasteiger partial charge is 0.465 e. The second-order valence-corrected chi connectivity index (χ2v) is 3.34. The highest BCUT2D eigenvalue weighted by Crippen LogP contribution is 2.34. The van der Waals surface area contributed by atoms with E-state index in [-0.39, 0.29) is 5.39 Å². The average Bonchev–Trinajstić information content (AvgIpc) is 2.72. The maximum absolute atomic E-state index is 12.7. The van der Waals surface area contributed by atoms with Crippen molar-refractivity contribution in [3.05, 3.63) is 29.5 Å². The molecule has 0 saturated carbocycles. The highest BCUT2D eigenvalue weighted by atomic mass is 19.4. The summed E-state index contributed by atoms with van der Waals surface area (Å²) in [7, 11) is 1.03. The molecule has 0 aliphatic rings. The minimum absolute atomic E-state index is 0.282. The van der Waals surface area contributed by atoms with E-state index in [4.69, 9.17) is 0 Å². The molecule has 0 aliphatic carbocycles. The van der Waals surface area contributed by atoms with Crippen LogP contribution in [0, 0.1) is 0 Å². The van der Waals surface area contributed by atoms with Crippen molar-refractivity contribution in [1.29, 1.82) is 0 Å². The minimum Gasteiger partial charge on any atom is -0.465 e. The number of nitrogens with one attached hydrogen (secondary N) is 1. The van der Waals surface area contributed by atoms with Crippen LogP contribution >= 0.6 is 0 Å². The van der Waals surface area contributed by atoms with E-state index in [0.29, 0.717) is 5.52 Å². The molecule has 90 valence electrons. The topological polar surface area (TPSA) is 55.0 Å². The van der Waals surface area contributed by atoms with Crippen LogP contribution in [0.15, 0.2) is 18.3 Å². The van der Waals surface area contributed by atoms with Crippen LogP contribution in [-0.4, -0.2) is 23.3 Å². The lowest BCUT2D eigenvalue weighted by Crippen LogP contribution is -2.14.